The molecule has 21 heavy (non-hydrogen) atoms. The maximum atomic E-state index is 13.6. The third-order valence-electron chi connectivity index (χ3n) is 3.18. The molecule has 0 fully saturated rings. The minimum Gasteiger partial charge on any atom is -0.383 e. The van der Waals surface area contributed by atoms with Crippen LogP contribution < -0.4 is 10.6 Å². The molecule has 0 atom stereocenters. The lowest BCUT2D eigenvalue weighted by atomic mass is 10.1. The molecule has 1 aromatic carbocycles. The fraction of sp³-hybridized carbons (Fsp3) is 0.267. The van der Waals surface area contributed by atoms with Crippen LogP contribution in [0.15, 0.2) is 23.6 Å². The largest absolute Gasteiger partial charge is 0.383 e. The van der Waals surface area contributed by atoms with E-state index in [2.05, 4.69) is 10.6 Å². The molecule has 0 radical (unpaired) electrons. The molecule has 1 aromatic heterocycles. The summed E-state index contributed by atoms with van der Waals surface area (Å²) in [6.45, 7) is 2.39. The predicted molar refractivity (Wildman–Crippen MR) is 80.8 cm³/mol. The van der Waals surface area contributed by atoms with Crippen molar-refractivity contribution in [3.05, 3.63) is 51.2 Å². The predicted octanol–water partition coefficient (Wildman–Crippen LogP) is 3.56. The van der Waals surface area contributed by atoms with Gasteiger partial charge in [0.1, 0.15) is 17.3 Å². The SMILES string of the molecule is CCc1ccsc1CNC(=O)c1cc(F)c(NC)c(F)c1. The average molecular weight is 310 g/mol. The Labute approximate surface area is 126 Å². The first kappa shape index (κ1) is 15.4. The van der Waals surface area contributed by atoms with Gasteiger partial charge in [-0.05, 0) is 35.6 Å². The van der Waals surface area contributed by atoms with Crippen molar-refractivity contribution in [2.75, 3.05) is 12.4 Å². The minimum absolute atomic E-state index is 0.0291. The Balaban J connectivity index is 2.10. The van der Waals surface area contributed by atoms with E-state index >= 15 is 0 Å². The summed E-state index contributed by atoms with van der Waals surface area (Å²) in [6.07, 6.45) is 0.884. The second-order valence-corrected chi connectivity index (χ2v) is 5.47. The zero-order valence-corrected chi connectivity index (χ0v) is 12.6. The molecule has 0 saturated heterocycles. The van der Waals surface area contributed by atoms with E-state index in [0.717, 1.165) is 23.4 Å². The summed E-state index contributed by atoms with van der Waals surface area (Å²) in [4.78, 5) is 13.0. The molecule has 0 aliphatic rings. The molecule has 0 spiro atoms. The Morgan fingerprint density at radius 1 is 1.29 bits per heavy atom. The molecule has 0 bridgehead atoms. The zero-order valence-electron chi connectivity index (χ0n) is 11.8. The van der Waals surface area contributed by atoms with Crippen molar-refractivity contribution in [1.29, 1.82) is 0 Å². The molecule has 0 saturated carbocycles. The van der Waals surface area contributed by atoms with Gasteiger partial charge in [0.05, 0.1) is 6.54 Å². The van der Waals surface area contributed by atoms with Crippen LogP contribution in [0.1, 0.15) is 27.7 Å². The van der Waals surface area contributed by atoms with E-state index in [0.29, 0.717) is 6.54 Å². The fourth-order valence-electron chi connectivity index (χ4n) is 2.04. The van der Waals surface area contributed by atoms with Crippen LogP contribution in [0.2, 0.25) is 0 Å². The Kier molecular flexibility index (Phi) is 4.90. The van der Waals surface area contributed by atoms with E-state index in [9.17, 15) is 13.6 Å². The Bertz CT molecular complexity index is 632. The third-order valence-corrected chi connectivity index (χ3v) is 4.15. The molecule has 6 heteroatoms. The normalized spacial score (nSPS) is 10.5. The number of carbonyl (C=O) groups excluding carboxylic acids is 1. The van der Waals surface area contributed by atoms with E-state index in [4.69, 9.17) is 0 Å². The van der Waals surface area contributed by atoms with Crippen molar-refractivity contribution < 1.29 is 13.6 Å². The van der Waals surface area contributed by atoms with Gasteiger partial charge in [0.25, 0.3) is 5.91 Å². The number of benzene rings is 1. The van der Waals surface area contributed by atoms with Crippen molar-refractivity contribution in [3.8, 4) is 0 Å². The van der Waals surface area contributed by atoms with Crippen LogP contribution in [-0.2, 0) is 13.0 Å². The van der Waals surface area contributed by atoms with Crippen LogP contribution >= 0.6 is 11.3 Å². The number of hydrogen-bond donors (Lipinski definition) is 2. The van der Waals surface area contributed by atoms with Crippen LogP contribution in [0.5, 0.6) is 0 Å². The lowest BCUT2D eigenvalue weighted by Gasteiger charge is -2.08. The van der Waals surface area contributed by atoms with Crippen LogP contribution in [0.3, 0.4) is 0 Å². The van der Waals surface area contributed by atoms with Crippen molar-refractivity contribution in [3.63, 3.8) is 0 Å². The van der Waals surface area contributed by atoms with Gasteiger partial charge in [0.2, 0.25) is 0 Å². The second-order valence-electron chi connectivity index (χ2n) is 4.47. The van der Waals surface area contributed by atoms with Crippen molar-refractivity contribution >= 4 is 22.9 Å². The van der Waals surface area contributed by atoms with E-state index < -0.39 is 17.5 Å². The molecule has 2 N–H and O–H groups in total. The summed E-state index contributed by atoms with van der Waals surface area (Å²) < 4.78 is 27.2. The molecule has 1 heterocycles. The topological polar surface area (TPSA) is 41.1 Å². The molecule has 2 aromatic rings. The number of nitrogens with one attached hydrogen (secondary N) is 2. The van der Waals surface area contributed by atoms with Gasteiger partial charge in [-0.3, -0.25) is 4.79 Å². The summed E-state index contributed by atoms with van der Waals surface area (Å²) in [7, 11) is 1.42. The first-order valence-electron chi connectivity index (χ1n) is 6.57. The van der Waals surface area contributed by atoms with Crippen molar-refractivity contribution in [2.45, 2.75) is 19.9 Å². The maximum absolute atomic E-state index is 13.6. The lowest BCUT2D eigenvalue weighted by molar-refractivity contribution is 0.0950. The minimum atomic E-state index is -0.784. The van der Waals surface area contributed by atoms with Gasteiger partial charge in [0, 0.05) is 17.5 Å². The standard InChI is InChI=1S/C15H16F2N2OS/c1-3-9-4-5-21-13(9)8-19-15(20)10-6-11(16)14(18-2)12(17)7-10/h4-7,18H,3,8H2,1-2H3,(H,19,20). The highest BCUT2D eigenvalue weighted by Gasteiger charge is 2.14. The Morgan fingerprint density at radius 2 is 1.95 bits per heavy atom. The van der Waals surface area contributed by atoms with Crippen LogP contribution in [-0.4, -0.2) is 13.0 Å². The number of aryl methyl sites for hydroxylation is 1. The molecular weight excluding hydrogens is 294 g/mol. The lowest BCUT2D eigenvalue weighted by Crippen LogP contribution is -2.23. The maximum Gasteiger partial charge on any atom is 0.251 e. The van der Waals surface area contributed by atoms with Gasteiger partial charge < -0.3 is 10.6 Å². The van der Waals surface area contributed by atoms with Gasteiger partial charge in [-0.2, -0.15) is 0 Å². The monoisotopic (exact) mass is 310 g/mol. The van der Waals surface area contributed by atoms with Crippen LogP contribution in [0.25, 0.3) is 0 Å². The first-order chi connectivity index (χ1) is 10.1. The number of thiophene rings is 1. The number of rotatable bonds is 5. The molecule has 3 nitrogen and oxygen atoms in total. The number of amides is 1. The van der Waals surface area contributed by atoms with Gasteiger partial charge in [-0.1, -0.05) is 6.92 Å². The van der Waals surface area contributed by atoms with E-state index in [1.54, 1.807) is 11.3 Å². The van der Waals surface area contributed by atoms with Gasteiger partial charge in [-0.25, -0.2) is 8.78 Å². The summed E-state index contributed by atoms with van der Waals surface area (Å²) in [5.74, 6) is -2.06. The number of anilines is 1. The highest BCUT2D eigenvalue weighted by atomic mass is 32.1. The van der Waals surface area contributed by atoms with Gasteiger partial charge in [-0.15, -0.1) is 11.3 Å². The molecule has 0 aliphatic carbocycles. The molecule has 1 amide bonds. The average Bonchev–Trinajstić information content (AvgIpc) is 2.91. The zero-order chi connectivity index (χ0) is 15.4. The van der Waals surface area contributed by atoms with E-state index in [-0.39, 0.29) is 11.3 Å². The fourth-order valence-corrected chi connectivity index (χ4v) is 2.96. The molecule has 2 rings (SSSR count). The molecule has 0 aliphatic heterocycles. The van der Waals surface area contributed by atoms with Gasteiger partial charge in [0.15, 0.2) is 0 Å². The van der Waals surface area contributed by atoms with Gasteiger partial charge >= 0.3 is 0 Å². The molecule has 112 valence electrons. The Morgan fingerprint density at radius 3 is 2.52 bits per heavy atom. The van der Waals surface area contributed by atoms with Crippen LogP contribution in [0, 0.1) is 11.6 Å². The number of carbonyl (C=O) groups is 1. The third kappa shape index (κ3) is 3.39. The summed E-state index contributed by atoms with van der Waals surface area (Å²) in [6, 6.07) is 4.06. The van der Waals surface area contributed by atoms with Crippen molar-refractivity contribution in [1.82, 2.24) is 5.32 Å². The quantitative estimate of drug-likeness (QED) is 0.886. The highest BCUT2D eigenvalue weighted by molar-refractivity contribution is 7.10. The van der Waals surface area contributed by atoms with Crippen LogP contribution in [0.4, 0.5) is 14.5 Å². The summed E-state index contributed by atoms with van der Waals surface area (Å²) in [5.41, 5.74) is 0.903. The Hall–Kier alpha value is -1.95. The molecular formula is C15H16F2N2OS. The van der Waals surface area contributed by atoms with Crippen molar-refractivity contribution in [2.24, 2.45) is 0 Å². The van der Waals surface area contributed by atoms with E-state index in [1.807, 2.05) is 18.4 Å². The highest BCUT2D eigenvalue weighted by Crippen LogP contribution is 2.21. The smallest absolute Gasteiger partial charge is 0.251 e. The number of halogens is 2. The first-order valence-corrected chi connectivity index (χ1v) is 7.45. The second kappa shape index (κ2) is 6.67. The summed E-state index contributed by atoms with van der Waals surface area (Å²) >= 11 is 1.55. The van der Waals surface area contributed by atoms with E-state index in [1.165, 1.54) is 12.6 Å². The number of hydrogen-bond acceptors (Lipinski definition) is 3. The summed E-state index contributed by atoms with van der Waals surface area (Å²) in [5, 5.41) is 7.06. The molecule has 0 unspecified atom stereocenters.